The van der Waals surface area contributed by atoms with E-state index in [1.807, 2.05) is 37.2 Å². The first-order valence-electron chi connectivity index (χ1n) is 16.4. The lowest BCUT2D eigenvalue weighted by molar-refractivity contribution is -0.135. The zero-order valence-corrected chi connectivity index (χ0v) is 29.3. The molecule has 0 fully saturated rings. The van der Waals surface area contributed by atoms with E-state index in [1.165, 1.54) is 46.3 Å². The number of anilines is 1. The number of nitrogens with zero attached hydrogens (tertiary/aromatic N) is 7. The van der Waals surface area contributed by atoms with Crippen LogP contribution in [-0.4, -0.2) is 97.5 Å². The molecule has 1 aliphatic heterocycles. The Morgan fingerprint density at radius 1 is 1.04 bits per heavy atom. The molecular weight excluding hydrogens is 705 g/mol. The first kappa shape index (κ1) is 36.5. The summed E-state index contributed by atoms with van der Waals surface area (Å²) in [7, 11) is 3.85. The van der Waals surface area contributed by atoms with Crippen LogP contribution in [0.4, 0.5) is 10.2 Å². The third-order valence-corrected chi connectivity index (χ3v) is 8.91. The van der Waals surface area contributed by atoms with Crippen LogP contribution in [0.15, 0.2) is 85.3 Å². The average Bonchev–Trinajstić information content (AvgIpc) is 3.69. The van der Waals surface area contributed by atoms with Crippen LogP contribution in [0.25, 0.3) is 22.9 Å². The Morgan fingerprint density at radius 3 is 2.49 bits per heavy atom. The van der Waals surface area contributed by atoms with Gasteiger partial charge in [-0.15, -0.1) is 5.10 Å². The molecular formula is C37H33ClFN9O5. The summed E-state index contributed by atoms with van der Waals surface area (Å²) in [5.41, 5.74) is 3.61. The number of rotatable bonds is 11. The van der Waals surface area contributed by atoms with E-state index < -0.39 is 29.6 Å². The Balaban J connectivity index is 1.33. The molecule has 53 heavy (non-hydrogen) atoms. The number of benzene rings is 3. The number of nitrogens with one attached hydrogen (secondary N) is 2. The largest absolute Gasteiger partial charge is 0.478 e. The zero-order valence-electron chi connectivity index (χ0n) is 28.5. The van der Waals surface area contributed by atoms with Gasteiger partial charge in [0.1, 0.15) is 18.2 Å². The fraction of sp³-hybridized carbons (Fsp3) is 0.189. The second-order valence-electron chi connectivity index (χ2n) is 12.3. The van der Waals surface area contributed by atoms with Gasteiger partial charge in [-0.25, -0.2) is 14.2 Å². The number of carboxylic acid groups (broad SMARTS) is 1. The maximum atomic E-state index is 15.3. The summed E-state index contributed by atoms with van der Waals surface area (Å²) in [6, 6.07) is 16.9. The van der Waals surface area contributed by atoms with Crippen molar-refractivity contribution in [3.05, 3.63) is 124 Å². The van der Waals surface area contributed by atoms with Crippen LogP contribution in [0.5, 0.6) is 0 Å². The van der Waals surface area contributed by atoms with Crippen LogP contribution in [0.3, 0.4) is 0 Å². The number of pyridine rings is 1. The van der Waals surface area contributed by atoms with Crippen LogP contribution in [0.2, 0.25) is 5.02 Å². The number of carbonyl (C=O) groups excluding carboxylic acids is 3. The van der Waals surface area contributed by atoms with E-state index in [-0.39, 0.29) is 40.1 Å². The second kappa shape index (κ2) is 15.9. The van der Waals surface area contributed by atoms with Crippen LogP contribution in [0.1, 0.15) is 43.4 Å². The Morgan fingerprint density at radius 2 is 1.81 bits per heavy atom. The average molecular weight is 738 g/mol. The highest BCUT2D eigenvalue weighted by atomic mass is 35.5. The molecule has 14 nitrogen and oxygen atoms in total. The number of likely N-dealkylation sites (N-methyl/N-ethyl adjacent to an activating group) is 1. The molecule has 270 valence electrons. The molecule has 3 amide bonds. The predicted octanol–water partition coefficient (Wildman–Crippen LogP) is 4.28. The Labute approximate surface area is 307 Å². The number of fused-ring (bicyclic) bond motifs is 1. The molecule has 3 heterocycles. The molecule has 0 radical (unpaired) electrons. The third kappa shape index (κ3) is 8.11. The normalized spacial score (nSPS) is 13.9. The smallest absolute Gasteiger partial charge is 0.337 e. The number of halogens is 2. The minimum Gasteiger partial charge on any atom is -0.478 e. The van der Waals surface area contributed by atoms with Gasteiger partial charge >= 0.3 is 5.97 Å². The van der Waals surface area contributed by atoms with Crippen molar-refractivity contribution in [2.45, 2.75) is 12.5 Å². The lowest BCUT2D eigenvalue weighted by Gasteiger charge is -2.36. The maximum Gasteiger partial charge on any atom is 0.337 e. The van der Waals surface area contributed by atoms with Gasteiger partial charge < -0.3 is 25.5 Å². The molecule has 0 saturated carbocycles. The molecule has 0 saturated heterocycles. The number of carbonyl (C=O) groups is 4. The van der Waals surface area contributed by atoms with Crippen molar-refractivity contribution in [2.75, 3.05) is 39.0 Å². The molecule has 2 aromatic heterocycles. The minimum atomic E-state index is -1.18. The van der Waals surface area contributed by atoms with E-state index in [4.69, 9.17) is 11.6 Å². The van der Waals surface area contributed by atoms with Gasteiger partial charge in [-0.3, -0.25) is 14.4 Å². The summed E-state index contributed by atoms with van der Waals surface area (Å²) < 4.78 is 16.5. The van der Waals surface area contributed by atoms with Crippen LogP contribution < -0.4 is 10.6 Å². The van der Waals surface area contributed by atoms with Gasteiger partial charge in [0.15, 0.2) is 5.82 Å². The molecule has 1 atom stereocenters. The predicted molar refractivity (Wildman–Crippen MR) is 194 cm³/mol. The molecule has 0 aliphatic carbocycles. The van der Waals surface area contributed by atoms with E-state index in [1.54, 1.807) is 24.3 Å². The fourth-order valence-corrected chi connectivity index (χ4v) is 6.15. The minimum absolute atomic E-state index is 0.0450. The van der Waals surface area contributed by atoms with E-state index in [0.717, 1.165) is 29.0 Å². The molecule has 3 N–H and O–H groups in total. The van der Waals surface area contributed by atoms with Crippen molar-refractivity contribution in [1.82, 2.24) is 40.3 Å². The number of hydrogen-bond donors (Lipinski definition) is 3. The number of hydrogen-bond acceptors (Lipinski definition) is 9. The lowest BCUT2D eigenvalue weighted by Crippen LogP contribution is -2.45. The Bertz CT molecular complexity index is 2190. The lowest BCUT2D eigenvalue weighted by atomic mass is 9.86. The van der Waals surface area contributed by atoms with Gasteiger partial charge in [0.05, 0.1) is 16.3 Å². The van der Waals surface area contributed by atoms with Crippen LogP contribution in [0, 0.1) is 5.82 Å². The van der Waals surface area contributed by atoms with Gasteiger partial charge in [0, 0.05) is 43.0 Å². The molecule has 1 aliphatic rings. The number of carboxylic acids is 1. The van der Waals surface area contributed by atoms with Gasteiger partial charge in [0.2, 0.25) is 5.91 Å². The van der Waals surface area contributed by atoms with Crippen molar-refractivity contribution in [2.24, 2.45) is 0 Å². The topological polar surface area (TPSA) is 176 Å². The molecule has 16 heteroatoms. The zero-order chi connectivity index (χ0) is 37.6. The highest BCUT2D eigenvalue weighted by molar-refractivity contribution is 6.31. The van der Waals surface area contributed by atoms with Crippen molar-refractivity contribution >= 4 is 47.2 Å². The van der Waals surface area contributed by atoms with Gasteiger partial charge in [0.25, 0.3) is 11.8 Å². The van der Waals surface area contributed by atoms with Gasteiger partial charge in [-0.1, -0.05) is 41.9 Å². The number of tetrazole rings is 1. The van der Waals surface area contributed by atoms with Gasteiger partial charge in [-0.05, 0) is 95.7 Å². The van der Waals surface area contributed by atoms with Crippen LogP contribution >= 0.6 is 11.6 Å². The summed E-state index contributed by atoms with van der Waals surface area (Å²) in [6.07, 6.45) is 5.16. The van der Waals surface area contributed by atoms with Crippen molar-refractivity contribution in [1.29, 1.82) is 0 Å². The summed E-state index contributed by atoms with van der Waals surface area (Å²) in [5, 5.41) is 25.7. The van der Waals surface area contributed by atoms with E-state index in [0.29, 0.717) is 30.6 Å². The summed E-state index contributed by atoms with van der Waals surface area (Å²) in [5.74, 6) is -3.28. The highest BCUT2D eigenvalue weighted by Gasteiger charge is 2.36. The number of amides is 3. The third-order valence-electron chi connectivity index (χ3n) is 8.62. The van der Waals surface area contributed by atoms with E-state index in [2.05, 4.69) is 31.1 Å². The fourth-order valence-electron chi connectivity index (χ4n) is 5.98. The molecule has 0 bridgehead atoms. The standard InChI is InChI=1S/C37H33ClFN9O5/c1-46(2)19-17-40-35(50)23-8-6-22(7-9-23)25-4-3-5-27-26(25)16-18-47(34(27)36(51)43-31-14-10-24(20-41-31)37(52)53)32(49)15-11-28-30(48-21-42-44-45-48)13-12-29(38)33(28)39/h3-15,20-21,34H,16-19H2,1-2H3,(H,40,50)(H,52,53)(H,41,43,51). The first-order chi connectivity index (χ1) is 25.5. The summed E-state index contributed by atoms with van der Waals surface area (Å²) >= 11 is 6.08. The van der Waals surface area contributed by atoms with Crippen molar-refractivity contribution in [3.8, 4) is 16.8 Å². The highest BCUT2D eigenvalue weighted by Crippen LogP contribution is 2.37. The Hall–Kier alpha value is -6.32. The SMILES string of the molecule is CN(C)CCNC(=O)c1ccc(-c2cccc3c2CCN(C(=O)C=Cc2c(-n4cnnn4)ccc(Cl)c2F)C3C(=O)Nc2ccc(C(=O)O)cn2)cc1. The number of aromatic carboxylic acids is 1. The molecule has 0 spiro atoms. The second-order valence-corrected chi connectivity index (χ2v) is 12.7. The Kier molecular flexibility index (Phi) is 11.0. The summed E-state index contributed by atoms with van der Waals surface area (Å²) in [4.78, 5) is 59.5. The molecule has 5 aromatic rings. The van der Waals surface area contributed by atoms with Crippen molar-refractivity contribution in [3.63, 3.8) is 0 Å². The van der Waals surface area contributed by atoms with Crippen molar-refractivity contribution < 1.29 is 28.7 Å². The maximum absolute atomic E-state index is 15.3. The first-order valence-corrected chi connectivity index (χ1v) is 16.7. The van der Waals surface area contributed by atoms with E-state index in [9.17, 15) is 24.3 Å². The molecule has 3 aromatic carbocycles. The van der Waals surface area contributed by atoms with Gasteiger partial charge in [-0.2, -0.15) is 4.68 Å². The summed E-state index contributed by atoms with van der Waals surface area (Å²) in [6.45, 7) is 1.31. The molecule has 1 unspecified atom stereocenters. The quantitative estimate of drug-likeness (QED) is 0.166. The van der Waals surface area contributed by atoms with Crippen LogP contribution in [-0.2, 0) is 16.0 Å². The molecule has 6 rings (SSSR count). The number of aromatic nitrogens is 5. The van der Waals surface area contributed by atoms with E-state index >= 15 is 4.39 Å². The monoisotopic (exact) mass is 737 g/mol.